The maximum atomic E-state index is 14.2. The lowest BCUT2D eigenvalue weighted by atomic mass is 9.99. The molecule has 3 aromatic carbocycles. The quantitative estimate of drug-likeness (QED) is 0.217. The summed E-state index contributed by atoms with van der Waals surface area (Å²) in [6, 6.07) is 20.4. The number of halogens is 3. The van der Waals surface area contributed by atoms with E-state index in [0.29, 0.717) is 28.9 Å². The highest BCUT2D eigenvalue weighted by molar-refractivity contribution is 7.90. The molecule has 2 N–H and O–H groups in total. The van der Waals surface area contributed by atoms with Gasteiger partial charge in [0, 0.05) is 47.4 Å². The lowest BCUT2D eigenvalue weighted by Gasteiger charge is -2.30. The third kappa shape index (κ3) is 6.60. The molecule has 238 valence electrons. The van der Waals surface area contributed by atoms with Gasteiger partial charge >= 0.3 is 6.18 Å². The number of sulfone groups is 1. The van der Waals surface area contributed by atoms with E-state index < -0.39 is 37.6 Å². The normalized spacial score (nSPS) is 16.0. The highest BCUT2D eigenvalue weighted by Crippen LogP contribution is 2.38. The van der Waals surface area contributed by atoms with E-state index in [-0.39, 0.29) is 17.2 Å². The van der Waals surface area contributed by atoms with Gasteiger partial charge in [-0.2, -0.15) is 18.2 Å². The second-order valence-electron chi connectivity index (χ2n) is 11.4. The third-order valence-electron chi connectivity index (χ3n) is 7.91. The van der Waals surface area contributed by atoms with E-state index in [2.05, 4.69) is 32.5 Å². The molecule has 1 atom stereocenters. The first-order valence-electron chi connectivity index (χ1n) is 14.6. The maximum Gasteiger partial charge on any atom is 0.417 e. The van der Waals surface area contributed by atoms with Crippen LogP contribution in [0, 0.1) is 0 Å². The summed E-state index contributed by atoms with van der Waals surface area (Å²) in [7, 11) is -1.83. The monoisotopic (exact) mass is 648 g/mol. The standard InChI is InChI=1S/C33H31F3N6O3S/c1-41-16-6-7-24(20-41)38-22-10-12-23(13-11-22)39-32-37-19-21-17-28(31(43)42(30(21)40-32)25-8-4-3-5-9-25)27-15-14-26(46(2,44)45)18-29(27)33(34,35)36/h3-5,8-15,17-19,24,38H,6-7,16,20H2,1-2H3,(H,37,39,40). The molecule has 5 aromatic rings. The Labute approximate surface area is 263 Å². The van der Waals surface area contributed by atoms with Gasteiger partial charge in [-0.1, -0.05) is 24.3 Å². The number of hydrogen-bond acceptors (Lipinski definition) is 8. The Balaban J connectivity index is 1.40. The number of fused-ring (bicyclic) bond motifs is 1. The summed E-state index contributed by atoms with van der Waals surface area (Å²) in [5.74, 6) is 0.187. The van der Waals surface area contributed by atoms with Crippen LogP contribution in [-0.2, 0) is 16.0 Å². The molecule has 46 heavy (non-hydrogen) atoms. The van der Waals surface area contributed by atoms with Crippen LogP contribution in [0.1, 0.15) is 18.4 Å². The van der Waals surface area contributed by atoms with Gasteiger partial charge in [0.1, 0.15) is 0 Å². The molecule has 1 unspecified atom stereocenters. The number of nitrogens with zero attached hydrogens (tertiary/aromatic N) is 4. The first-order chi connectivity index (χ1) is 21.9. The number of alkyl halides is 3. The van der Waals surface area contributed by atoms with Crippen LogP contribution in [0.5, 0.6) is 0 Å². The van der Waals surface area contributed by atoms with E-state index in [1.54, 1.807) is 30.3 Å². The fourth-order valence-electron chi connectivity index (χ4n) is 5.69. The number of pyridine rings is 1. The Morgan fingerprint density at radius 2 is 1.65 bits per heavy atom. The second kappa shape index (κ2) is 12.2. The van der Waals surface area contributed by atoms with Crippen molar-refractivity contribution in [1.82, 2.24) is 19.4 Å². The number of nitrogens with one attached hydrogen (secondary N) is 2. The minimum atomic E-state index is -4.93. The molecule has 1 aliphatic heterocycles. The zero-order chi connectivity index (χ0) is 32.6. The van der Waals surface area contributed by atoms with Gasteiger partial charge in [0.25, 0.3) is 5.56 Å². The lowest BCUT2D eigenvalue weighted by Crippen LogP contribution is -2.39. The molecule has 0 aliphatic carbocycles. The SMILES string of the molecule is CN1CCCC(Nc2ccc(Nc3ncc4cc(-c5ccc(S(C)(=O)=O)cc5C(F)(F)F)c(=O)n(-c5ccccc5)c4n3)cc2)C1. The van der Waals surface area contributed by atoms with Crippen LogP contribution >= 0.6 is 0 Å². The van der Waals surface area contributed by atoms with Crippen molar-refractivity contribution in [2.45, 2.75) is 30.0 Å². The number of hydrogen-bond donors (Lipinski definition) is 2. The van der Waals surface area contributed by atoms with E-state index in [9.17, 15) is 26.4 Å². The number of benzene rings is 3. The molecule has 0 spiro atoms. The summed E-state index contributed by atoms with van der Waals surface area (Å²) in [4.78, 5) is 24.8. The average molecular weight is 649 g/mol. The van der Waals surface area contributed by atoms with E-state index >= 15 is 0 Å². The van der Waals surface area contributed by atoms with E-state index in [1.165, 1.54) is 16.8 Å². The minimum absolute atomic E-state index is 0.179. The number of rotatable bonds is 7. The molecule has 13 heteroatoms. The summed E-state index contributed by atoms with van der Waals surface area (Å²) in [5, 5.41) is 7.02. The Hall–Kier alpha value is -4.75. The van der Waals surface area contributed by atoms with Crippen LogP contribution in [0.2, 0.25) is 0 Å². The highest BCUT2D eigenvalue weighted by atomic mass is 32.2. The number of aromatic nitrogens is 3. The van der Waals surface area contributed by atoms with Gasteiger partial charge in [0.15, 0.2) is 15.5 Å². The third-order valence-corrected chi connectivity index (χ3v) is 9.02. The van der Waals surface area contributed by atoms with Gasteiger partial charge < -0.3 is 15.5 Å². The van der Waals surface area contributed by atoms with Crippen LogP contribution in [0.4, 0.5) is 30.5 Å². The molecule has 3 heterocycles. The first-order valence-corrected chi connectivity index (χ1v) is 16.5. The summed E-state index contributed by atoms with van der Waals surface area (Å²) in [6.45, 7) is 2.07. The predicted molar refractivity (Wildman–Crippen MR) is 173 cm³/mol. The summed E-state index contributed by atoms with van der Waals surface area (Å²) in [5.41, 5.74) is -0.473. The lowest BCUT2D eigenvalue weighted by molar-refractivity contribution is -0.137. The van der Waals surface area contributed by atoms with Gasteiger partial charge in [-0.15, -0.1) is 0 Å². The molecule has 0 bridgehead atoms. The topological polar surface area (TPSA) is 109 Å². The molecule has 1 fully saturated rings. The molecule has 0 amide bonds. The molecular formula is C33H31F3N6O3S. The number of likely N-dealkylation sites (N-methyl/N-ethyl adjacent to an activating group) is 1. The van der Waals surface area contributed by atoms with E-state index in [4.69, 9.17) is 0 Å². The van der Waals surface area contributed by atoms with Gasteiger partial charge in [-0.05, 0) is 86.6 Å². The van der Waals surface area contributed by atoms with Gasteiger partial charge in [0.2, 0.25) is 5.95 Å². The van der Waals surface area contributed by atoms with E-state index in [0.717, 1.165) is 50.0 Å². The number of likely N-dealkylation sites (tertiary alicyclic amines) is 1. The molecule has 2 aromatic heterocycles. The van der Waals surface area contributed by atoms with Crippen LogP contribution in [0.15, 0.2) is 94.7 Å². The smallest absolute Gasteiger partial charge is 0.381 e. The van der Waals surface area contributed by atoms with Crippen molar-refractivity contribution < 1.29 is 21.6 Å². The summed E-state index contributed by atoms with van der Waals surface area (Å²) >= 11 is 0. The predicted octanol–water partition coefficient (Wildman–Crippen LogP) is 6.12. The van der Waals surface area contributed by atoms with Crippen LogP contribution in [-0.4, -0.2) is 60.3 Å². The zero-order valence-corrected chi connectivity index (χ0v) is 25.9. The molecule has 1 aliphatic rings. The first kappa shape index (κ1) is 31.2. The molecule has 6 rings (SSSR count). The maximum absolute atomic E-state index is 14.2. The Morgan fingerprint density at radius 1 is 0.935 bits per heavy atom. The Kier molecular flexibility index (Phi) is 8.30. The van der Waals surface area contributed by atoms with Crippen molar-refractivity contribution in [1.29, 1.82) is 0 Å². The molecule has 1 saturated heterocycles. The van der Waals surface area contributed by atoms with Crippen molar-refractivity contribution in [3.63, 3.8) is 0 Å². The van der Waals surface area contributed by atoms with Crippen molar-refractivity contribution in [3.05, 3.63) is 101 Å². The fraction of sp³-hybridized carbons (Fsp3) is 0.242. The number of piperidine rings is 1. The van der Waals surface area contributed by atoms with E-state index in [1.807, 2.05) is 24.3 Å². The summed E-state index contributed by atoms with van der Waals surface area (Å²) in [6.07, 6.45) is -0.436. The second-order valence-corrected chi connectivity index (χ2v) is 13.4. The van der Waals surface area contributed by atoms with Crippen molar-refractivity contribution in [3.8, 4) is 16.8 Å². The van der Waals surface area contributed by atoms with Gasteiger partial charge in [-0.25, -0.2) is 13.4 Å². The molecule has 9 nitrogen and oxygen atoms in total. The van der Waals surface area contributed by atoms with Crippen molar-refractivity contribution >= 4 is 38.2 Å². The average Bonchev–Trinajstić information content (AvgIpc) is 3.01. The number of para-hydroxylation sites is 1. The number of anilines is 3. The van der Waals surface area contributed by atoms with Crippen LogP contribution in [0.25, 0.3) is 27.8 Å². The molecule has 0 radical (unpaired) electrons. The van der Waals surface area contributed by atoms with Gasteiger partial charge in [-0.3, -0.25) is 9.36 Å². The largest absolute Gasteiger partial charge is 0.417 e. The van der Waals surface area contributed by atoms with Crippen LogP contribution < -0.4 is 16.2 Å². The Bertz CT molecular complexity index is 2070. The summed E-state index contributed by atoms with van der Waals surface area (Å²) < 4.78 is 68.1. The molecule has 0 saturated carbocycles. The highest BCUT2D eigenvalue weighted by Gasteiger charge is 2.36. The zero-order valence-electron chi connectivity index (χ0n) is 25.0. The minimum Gasteiger partial charge on any atom is -0.381 e. The van der Waals surface area contributed by atoms with Crippen molar-refractivity contribution in [2.75, 3.05) is 37.0 Å². The fourth-order valence-corrected chi connectivity index (χ4v) is 6.34. The molecular weight excluding hydrogens is 617 g/mol. The van der Waals surface area contributed by atoms with Crippen molar-refractivity contribution in [2.24, 2.45) is 0 Å². The Morgan fingerprint density at radius 3 is 2.33 bits per heavy atom. The van der Waals surface area contributed by atoms with Gasteiger partial charge in [0.05, 0.1) is 16.1 Å². The van der Waals surface area contributed by atoms with Crippen LogP contribution in [0.3, 0.4) is 0 Å².